The zero-order valence-electron chi connectivity index (χ0n) is 12.8. The Hall–Kier alpha value is -2.24. The molecule has 0 N–H and O–H groups in total. The number of anilines is 1. The number of aromatic nitrogens is 1. The Balaban J connectivity index is 1.74. The summed E-state index contributed by atoms with van der Waals surface area (Å²) >= 11 is 7.87. The molecule has 0 spiro atoms. The number of halogens is 1. The third-order valence-electron chi connectivity index (χ3n) is 4.01. The van der Waals surface area contributed by atoms with Gasteiger partial charge in [0.25, 0.3) is 5.91 Å². The lowest BCUT2D eigenvalue weighted by Crippen LogP contribution is -2.27. The van der Waals surface area contributed by atoms with Crippen molar-refractivity contribution in [1.29, 1.82) is 0 Å². The van der Waals surface area contributed by atoms with Crippen LogP contribution in [0.25, 0.3) is 11.3 Å². The number of amides is 1. The van der Waals surface area contributed by atoms with Crippen molar-refractivity contribution in [2.24, 2.45) is 0 Å². The molecule has 1 aliphatic rings. The molecule has 0 unspecified atom stereocenters. The molecule has 24 heavy (non-hydrogen) atoms. The van der Waals surface area contributed by atoms with E-state index >= 15 is 0 Å². The van der Waals surface area contributed by atoms with Gasteiger partial charge in [-0.1, -0.05) is 41.0 Å². The molecule has 1 amide bonds. The van der Waals surface area contributed by atoms with Crippen LogP contribution in [0.4, 0.5) is 5.69 Å². The highest BCUT2D eigenvalue weighted by Crippen LogP contribution is 2.43. The highest BCUT2D eigenvalue weighted by atomic mass is 35.5. The first kappa shape index (κ1) is 15.3. The second kappa shape index (κ2) is 6.00. The molecule has 4 nitrogen and oxygen atoms in total. The minimum atomic E-state index is -0.229. The molecule has 0 radical (unpaired) electrons. The average molecular weight is 357 g/mol. The summed E-state index contributed by atoms with van der Waals surface area (Å²) in [7, 11) is 1.69. The van der Waals surface area contributed by atoms with Crippen LogP contribution in [-0.4, -0.2) is 18.1 Å². The van der Waals surface area contributed by atoms with Crippen molar-refractivity contribution in [1.82, 2.24) is 5.16 Å². The van der Waals surface area contributed by atoms with Crippen LogP contribution in [-0.2, 0) is 5.75 Å². The van der Waals surface area contributed by atoms with E-state index in [1.807, 2.05) is 36.4 Å². The van der Waals surface area contributed by atoms with Crippen LogP contribution < -0.4 is 4.90 Å². The van der Waals surface area contributed by atoms with Crippen LogP contribution in [0.2, 0.25) is 5.02 Å². The molecule has 0 bridgehead atoms. The van der Waals surface area contributed by atoms with Gasteiger partial charge in [-0.15, -0.1) is 11.8 Å². The summed E-state index contributed by atoms with van der Waals surface area (Å²) < 4.78 is 5.51. The number of hydrogen-bond acceptors (Lipinski definition) is 4. The summed E-state index contributed by atoms with van der Waals surface area (Å²) in [6, 6.07) is 15.2. The summed E-state index contributed by atoms with van der Waals surface area (Å²) in [6.07, 6.45) is 0. The van der Waals surface area contributed by atoms with Gasteiger partial charge in [-0.25, -0.2) is 0 Å². The minimum absolute atomic E-state index is 0.229. The summed E-state index contributed by atoms with van der Waals surface area (Å²) in [5.41, 5.74) is 2.80. The third-order valence-corrected chi connectivity index (χ3v) is 5.43. The Morgan fingerprint density at radius 3 is 2.79 bits per heavy atom. The molecular formula is C18H13ClN2O2S. The van der Waals surface area contributed by atoms with Gasteiger partial charge < -0.3 is 9.42 Å². The highest BCUT2D eigenvalue weighted by Gasteiger charge is 2.30. The monoisotopic (exact) mass is 356 g/mol. The van der Waals surface area contributed by atoms with E-state index in [1.54, 1.807) is 30.9 Å². The molecule has 0 saturated heterocycles. The van der Waals surface area contributed by atoms with E-state index in [0.29, 0.717) is 27.9 Å². The molecule has 3 aromatic rings. The number of thioether (sulfide) groups is 1. The summed E-state index contributed by atoms with van der Waals surface area (Å²) in [6.45, 7) is 0. The van der Waals surface area contributed by atoms with Crippen molar-refractivity contribution in [3.8, 4) is 11.3 Å². The SMILES string of the molecule is CN(C(=O)c1noc2c1CSc1ccccc1-2)c1ccccc1Cl. The van der Waals surface area contributed by atoms with E-state index in [1.165, 1.54) is 4.90 Å². The van der Waals surface area contributed by atoms with Crippen LogP contribution in [0.5, 0.6) is 0 Å². The topological polar surface area (TPSA) is 46.3 Å². The smallest absolute Gasteiger partial charge is 0.280 e. The van der Waals surface area contributed by atoms with Crippen LogP contribution in [0.15, 0.2) is 57.9 Å². The zero-order chi connectivity index (χ0) is 16.7. The third kappa shape index (κ3) is 2.41. The molecule has 2 aromatic carbocycles. The largest absolute Gasteiger partial charge is 0.355 e. The number of nitrogens with zero attached hydrogens (tertiary/aromatic N) is 2. The van der Waals surface area contributed by atoms with Crippen LogP contribution >= 0.6 is 23.4 Å². The predicted octanol–water partition coefficient (Wildman–Crippen LogP) is 4.88. The number of benzene rings is 2. The maximum Gasteiger partial charge on any atom is 0.280 e. The molecule has 1 aromatic heterocycles. The predicted molar refractivity (Wildman–Crippen MR) is 95.7 cm³/mol. The second-order valence-corrected chi connectivity index (χ2v) is 6.86. The Kier molecular flexibility index (Phi) is 3.82. The molecule has 2 heterocycles. The van der Waals surface area contributed by atoms with Gasteiger partial charge >= 0.3 is 0 Å². The fourth-order valence-electron chi connectivity index (χ4n) is 2.74. The van der Waals surface area contributed by atoms with E-state index in [-0.39, 0.29) is 5.91 Å². The van der Waals surface area contributed by atoms with Crippen molar-refractivity contribution >= 4 is 35.0 Å². The van der Waals surface area contributed by atoms with Crippen molar-refractivity contribution in [3.63, 3.8) is 0 Å². The Bertz CT molecular complexity index is 938. The fraction of sp³-hybridized carbons (Fsp3) is 0.111. The maximum atomic E-state index is 12.9. The van der Waals surface area contributed by atoms with Crippen molar-refractivity contribution < 1.29 is 9.32 Å². The molecule has 0 aliphatic carbocycles. The van der Waals surface area contributed by atoms with Gasteiger partial charge in [0.1, 0.15) is 0 Å². The van der Waals surface area contributed by atoms with Gasteiger partial charge in [0.2, 0.25) is 0 Å². The number of fused-ring (bicyclic) bond motifs is 3. The second-order valence-electron chi connectivity index (χ2n) is 5.44. The molecular weight excluding hydrogens is 344 g/mol. The van der Waals surface area contributed by atoms with Crippen LogP contribution in [0.3, 0.4) is 0 Å². The van der Waals surface area contributed by atoms with Gasteiger partial charge in [0.15, 0.2) is 11.5 Å². The molecule has 6 heteroatoms. The van der Waals surface area contributed by atoms with E-state index in [4.69, 9.17) is 16.1 Å². The quantitative estimate of drug-likeness (QED) is 0.656. The van der Waals surface area contributed by atoms with Gasteiger partial charge in [0.05, 0.1) is 10.7 Å². The molecule has 1 aliphatic heterocycles. The molecule has 120 valence electrons. The fourth-order valence-corrected chi connectivity index (χ4v) is 4.07. The summed E-state index contributed by atoms with van der Waals surface area (Å²) in [4.78, 5) is 15.5. The first-order valence-corrected chi connectivity index (χ1v) is 8.76. The number of para-hydroxylation sites is 1. The average Bonchev–Trinajstić information content (AvgIpc) is 3.05. The van der Waals surface area contributed by atoms with Gasteiger partial charge in [-0.2, -0.15) is 0 Å². The number of hydrogen-bond donors (Lipinski definition) is 0. The van der Waals surface area contributed by atoms with Crippen molar-refractivity contribution in [2.75, 3.05) is 11.9 Å². The molecule has 0 atom stereocenters. The lowest BCUT2D eigenvalue weighted by Gasteiger charge is -2.19. The van der Waals surface area contributed by atoms with E-state index in [2.05, 4.69) is 5.16 Å². The lowest BCUT2D eigenvalue weighted by molar-refractivity contribution is 0.0984. The Morgan fingerprint density at radius 2 is 1.96 bits per heavy atom. The van der Waals surface area contributed by atoms with E-state index in [9.17, 15) is 4.79 Å². The van der Waals surface area contributed by atoms with Gasteiger partial charge in [0, 0.05) is 28.8 Å². The van der Waals surface area contributed by atoms with Gasteiger partial charge in [-0.3, -0.25) is 4.79 Å². The van der Waals surface area contributed by atoms with E-state index < -0.39 is 0 Å². The molecule has 4 rings (SSSR count). The maximum absolute atomic E-state index is 12.9. The van der Waals surface area contributed by atoms with Crippen molar-refractivity contribution in [2.45, 2.75) is 10.6 Å². The standard InChI is InChI=1S/C18H13ClN2O2S/c1-21(14-8-4-3-7-13(14)19)18(22)16-12-10-24-15-9-5-2-6-11(15)17(12)23-20-16/h2-9H,10H2,1H3. The normalized spacial score (nSPS) is 12.4. The number of rotatable bonds is 2. The Morgan fingerprint density at radius 1 is 1.21 bits per heavy atom. The molecule has 0 fully saturated rings. The van der Waals surface area contributed by atoms with Crippen LogP contribution in [0.1, 0.15) is 16.1 Å². The van der Waals surface area contributed by atoms with Crippen molar-refractivity contribution in [3.05, 3.63) is 64.8 Å². The summed E-state index contributed by atoms with van der Waals surface area (Å²) in [5, 5.41) is 4.57. The molecule has 0 saturated carbocycles. The number of carbonyl (C=O) groups is 1. The summed E-state index contributed by atoms with van der Waals surface area (Å²) in [5.74, 6) is 1.11. The lowest BCUT2D eigenvalue weighted by atomic mass is 10.1. The van der Waals surface area contributed by atoms with E-state index in [0.717, 1.165) is 16.0 Å². The highest BCUT2D eigenvalue weighted by molar-refractivity contribution is 7.98. The zero-order valence-corrected chi connectivity index (χ0v) is 14.4. The minimum Gasteiger partial charge on any atom is -0.355 e. The van der Waals surface area contributed by atoms with Gasteiger partial charge in [-0.05, 0) is 24.3 Å². The first-order valence-electron chi connectivity index (χ1n) is 7.40. The number of carbonyl (C=O) groups excluding carboxylic acids is 1. The Labute approximate surface area is 148 Å². The van der Waals surface area contributed by atoms with Crippen LogP contribution in [0, 0.1) is 0 Å². The first-order chi connectivity index (χ1) is 11.7.